The van der Waals surface area contributed by atoms with E-state index in [1.807, 2.05) is 37.3 Å². The first-order chi connectivity index (χ1) is 10.1. The molecule has 1 unspecified atom stereocenters. The van der Waals surface area contributed by atoms with E-state index in [-0.39, 0.29) is 11.8 Å². The molecule has 0 fully saturated rings. The highest BCUT2D eigenvalue weighted by atomic mass is 16.1. The summed E-state index contributed by atoms with van der Waals surface area (Å²) in [5.74, 6) is 0.519. The smallest absolute Gasteiger partial charge is 0.231 e. The Hall–Kier alpha value is -2.09. The molecule has 0 bridgehead atoms. The Labute approximate surface area is 127 Å². The quantitative estimate of drug-likeness (QED) is 0.850. The van der Waals surface area contributed by atoms with Gasteiger partial charge < -0.3 is 5.32 Å². The van der Waals surface area contributed by atoms with E-state index in [9.17, 15) is 4.79 Å². The summed E-state index contributed by atoms with van der Waals surface area (Å²) in [6.45, 7) is 6.36. The van der Waals surface area contributed by atoms with E-state index in [2.05, 4.69) is 43.4 Å². The zero-order valence-corrected chi connectivity index (χ0v) is 13.0. The van der Waals surface area contributed by atoms with Crippen molar-refractivity contribution in [2.75, 3.05) is 5.32 Å². The van der Waals surface area contributed by atoms with Crippen molar-refractivity contribution in [3.05, 3.63) is 65.7 Å². The van der Waals surface area contributed by atoms with E-state index in [1.54, 1.807) is 0 Å². The van der Waals surface area contributed by atoms with Gasteiger partial charge in [-0.25, -0.2) is 0 Å². The van der Waals surface area contributed by atoms with E-state index in [0.717, 1.165) is 17.7 Å². The van der Waals surface area contributed by atoms with Crippen LogP contribution in [0.25, 0.3) is 0 Å². The largest absolute Gasteiger partial charge is 0.326 e. The summed E-state index contributed by atoms with van der Waals surface area (Å²) in [7, 11) is 0. The number of para-hydroxylation sites is 1. The van der Waals surface area contributed by atoms with Gasteiger partial charge in [-0.1, -0.05) is 56.3 Å². The number of benzene rings is 2. The highest BCUT2D eigenvalue weighted by Crippen LogP contribution is 2.19. The molecule has 0 aliphatic carbocycles. The van der Waals surface area contributed by atoms with Gasteiger partial charge in [0, 0.05) is 5.69 Å². The standard InChI is InChI=1S/C19H23NO/c1-14(2)13-16-9-11-17(12-10-16)15(3)19(21)20-18-7-5-4-6-8-18/h4-12,14-15H,13H2,1-3H3,(H,20,21). The van der Waals surface area contributed by atoms with Crippen LogP contribution in [-0.2, 0) is 11.2 Å². The van der Waals surface area contributed by atoms with Crippen LogP contribution in [-0.4, -0.2) is 5.91 Å². The number of anilines is 1. The molecule has 110 valence electrons. The molecule has 2 aromatic rings. The van der Waals surface area contributed by atoms with Crippen LogP contribution in [0.4, 0.5) is 5.69 Å². The van der Waals surface area contributed by atoms with Gasteiger partial charge in [0.25, 0.3) is 0 Å². The average Bonchev–Trinajstić information content (AvgIpc) is 2.47. The second kappa shape index (κ2) is 7.07. The number of amides is 1. The minimum Gasteiger partial charge on any atom is -0.326 e. The Bertz CT molecular complexity index is 572. The third-order valence-electron chi connectivity index (χ3n) is 3.56. The fourth-order valence-corrected chi connectivity index (χ4v) is 2.34. The lowest BCUT2D eigenvalue weighted by Crippen LogP contribution is -2.18. The minimum atomic E-state index is -0.154. The van der Waals surface area contributed by atoms with E-state index in [1.165, 1.54) is 5.56 Å². The van der Waals surface area contributed by atoms with Gasteiger partial charge in [0.2, 0.25) is 5.91 Å². The molecular weight excluding hydrogens is 258 g/mol. The summed E-state index contributed by atoms with van der Waals surface area (Å²) in [4.78, 5) is 12.3. The SMILES string of the molecule is CC(C)Cc1ccc(C(C)C(=O)Nc2ccccc2)cc1. The first-order valence-electron chi connectivity index (χ1n) is 7.51. The summed E-state index contributed by atoms with van der Waals surface area (Å²) < 4.78 is 0. The zero-order valence-electron chi connectivity index (χ0n) is 13.0. The molecule has 1 amide bonds. The van der Waals surface area contributed by atoms with Crippen LogP contribution in [0.3, 0.4) is 0 Å². The molecule has 0 aliphatic heterocycles. The first-order valence-corrected chi connectivity index (χ1v) is 7.51. The second-order valence-electron chi connectivity index (χ2n) is 5.92. The van der Waals surface area contributed by atoms with Crippen LogP contribution < -0.4 is 5.32 Å². The average molecular weight is 281 g/mol. The van der Waals surface area contributed by atoms with Gasteiger partial charge in [0.15, 0.2) is 0 Å². The maximum atomic E-state index is 12.3. The van der Waals surface area contributed by atoms with Gasteiger partial charge in [-0.3, -0.25) is 4.79 Å². The molecule has 2 nitrogen and oxygen atoms in total. The minimum absolute atomic E-state index is 0.0257. The molecule has 0 spiro atoms. The van der Waals surface area contributed by atoms with Gasteiger partial charge in [-0.2, -0.15) is 0 Å². The van der Waals surface area contributed by atoms with E-state index in [0.29, 0.717) is 5.92 Å². The van der Waals surface area contributed by atoms with Gasteiger partial charge in [0.1, 0.15) is 0 Å². The fourth-order valence-electron chi connectivity index (χ4n) is 2.34. The van der Waals surface area contributed by atoms with Crippen LogP contribution in [0.2, 0.25) is 0 Å². The molecule has 0 aromatic heterocycles. The lowest BCUT2D eigenvalue weighted by atomic mass is 9.96. The van der Waals surface area contributed by atoms with Crippen LogP contribution in [0.15, 0.2) is 54.6 Å². The van der Waals surface area contributed by atoms with Crippen molar-refractivity contribution in [1.82, 2.24) is 0 Å². The molecule has 0 heterocycles. The van der Waals surface area contributed by atoms with Crippen molar-refractivity contribution in [2.24, 2.45) is 5.92 Å². The van der Waals surface area contributed by atoms with Gasteiger partial charge in [-0.15, -0.1) is 0 Å². The van der Waals surface area contributed by atoms with Crippen LogP contribution in [0.5, 0.6) is 0 Å². The number of hydrogen-bond acceptors (Lipinski definition) is 1. The fraction of sp³-hybridized carbons (Fsp3) is 0.316. The van der Waals surface area contributed by atoms with E-state index >= 15 is 0 Å². The topological polar surface area (TPSA) is 29.1 Å². The lowest BCUT2D eigenvalue weighted by molar-refractivity contribution is -0.117. The summed E-state index contributed by atoms with van der Waals surface area (Å²) >= 11 is 0. The molecule has 21 heavy (non-hydrogen) atoms. The summed E-state index contributed by atoms with van der Waals surface area (Å²) in [5, 5.41) is 2.95. The Kier molecular flexibility index (Phi) is 5.15. The molecular formula is C19H23NO. The predicted octanol–water partition coefficient (Wildman–Crippen LogP) is 4.63. The second-order valence-corrected chi connectivity index (χ2v) is 5.92. The zero-order chi connectivity index (χ0) is 15.2. The summed E-state index contributed by atoms with van der Waals surface area (Å²) in [5.41, 5.74) is 3.21. The molecule has 2 rings (SSSR count). The van der Waals surface area contributed by atoms with Crippen molar-refractivity contribution in [3.8, 4) is 0 Å². The van der Waals surface area contributed by atoms with Crippen LogP contribution in [0.1, 0.15) is 37.8 Å². The number of carbonyl (C=O) groups is 1. The monoisotopic (exact) mass is 281 g/mol. The number of hydrogen-bond donors (Lipinski definition) is 1. The maximum absolute atomic E-state index is 12.3. The van der Waals surface area contributed by atoms with Gasteiger partial charge in [0.05, 0.1) is 5.92 Å². The number of nitrogens with one attached hydrogen (secondary N) is 1. The normalized spacial score (nSPS) is 12.2. The lowest BCUT2D eigenvalue weighted by Gasteiger charge is -2.13. The van der Waals surface area contributed by atoms with Crippen LogP contribution >= 0.6 is 0 Å². The highest BCUT2D eigenvalue weighted by molar-refractivity contribution is 5.95. The van der Waals surface area contributed by atoms with Crippen molar-refractivity contribution in [1.29, 1.82) is 0 Å². The number of carbonyl (C=O) groups excluding carboxylic acids is 1. The molecule has 1 atom stereocenters. The Morgan fingerprint density at radius 2 is 1.57 bits per heavy atom. The summed E-state index contributed by atoms with van der Waals surface area (Å²) in [6.07, 6.45) is 1.07. The predicted molar refractivity (Wildman–Crippen MR) is 88.5 cm³/mol. The third-order valence-corrected chi connectivity index (χ3v) is 3.56. The van der Waals surface area contributed by atoms with Crippen molar-refractivity contribution < 1.29 is 4.79 Å². The highest BCUT2D eigenvalue weighted by Gasteiger charge is 2.15. The Morgan fingerprint density at radius 3 is 2.14 bits per heavy atom. The van der Waals surface area contributed by atoms with Crippen LogP contribution in [0, 0.1) is 5.92 Å². The molecule has 1 N–H and O–H groups in total. The summed E-state index contributed by atoms with van der Waals surface area (Å²) in [6, 6.07) is 17.9. The van der Waals surface area contributed by atoms with E-state index < -0.39 is 0 Å². The molecule has 2 aromatic carbocycles. The maximum Gasteiger partial charge on any atom is 0.231 e. The molecule has 2 heteroatoms. The Morgan fingerprint density at radius 1 is 0.952 bits per heavy atom. The molecule has 0 radical (unpaired) electrons. The van der Waals surface area contributed by atoms with Gasteiger partial charge in [-0.05, 0) is 42.5 Å². The van der Waals surface area contributed by atoms with Gasteiger partial charge >= 0.3 is 0 Å². The first kappa shape index (κ1) is 15.3. The van der Waals surface area contributed by atoms with Crippen molar-refractivity contribution >= 4 is 11.6 Å². The molecule has 0 aliphatic rings. The Balaban J connectivity index is 2.02. The molecule has 0 saturated carbocycles. The van der Waals surface area contributed by atoms with Crippen molar-refractivity contribution in [2.45, 2.75) is 33.1 Å². The van der Waals surface area contributed by atoms with E-state index in [4.69, 9.17) is 0 Å². The van der Waals surface area contributed by atoms with Crippen molar-refractivity contribution in [3.63, 3.8) is 0 Å². The third kappa shape index (κ3) is 4.45. The number of rotatable bonds is 5. The molecule has 0 saturated heterocycles.